The maximum absolute atomic E-state index is 10.9. The smallest absolute Gasteiger partial charge is 0.143 e. The summed E-state index contributed by atoms with van der Waals surface area (Å²) in [7, 11) is 6.27. The zero-order valence-electron chi connectivity index (χ0n) is 16.5. The molecule has 1 aromatic carbocycles. The van der Waals surface area contributed by atoms with Gasteiger partial charge in [0, 0.05) is 38.1 Å². The van der Waals surface area contributed by atoms with Gasteiger partial charge >= 0.3 is 0 Å². The molecule has 0 radical (unpaired) electrons. The van der Waals surface area contributed by atoms with E-state index in [2.05, 4.69) is 63.0 Å². The highest BCUT2D eigenvalue weighted by atomic mass is 79.9. The van der Waals surface area contributed by atoms with E-state index in [9.17, 15) is 5.11 Å². The van der Waals surface area contributed by atoms with Crippen molar-refractivity contribution in [3.63, 3.8) is 0 Å². The molecule has 1 aliphatic rings. The van der Waals surface area contributed by atoms with E-state index in [1.165, 1.54) is 18.5 Å². The van der Waals surface area contributed by atoms with Crippen LogP contribution in [0.5, 0.6) is 0 Å². The third-order valence-corrected chi connectivity index (χ3v) is 6.20. The van der Waals surface area contributed by atoms with E-state index < -0.39 is 6.10 Å². The average molecular weight is 444 g/mol. The highest BCUT2D eigenvalue weighted by Crippen LogP contribution is 2.29. The topological polar surface area (TPSA) is 57.4 Å². The Morgan fingerprint density at radius 1 is 1.18 bits per heavy atom. The van der Waals surface area contributed by atoms with E-state index in [1.54, 1.807) is 6.20 Å². The van der Waals surface area contributed by atoms with Gasteiger partial charge in [-0.25, -0.2) is 9.97 Å². The highest BCUT2D eigenvalue weighted by Gasteiger charge is 2.22. The second kappa shape index (κ2) is 7.81. The van der Waals surface area contributed by atoms with Gasteiger partial charge in [-0.3, -0.25) is 0 Å². The van der Waals surface area contributed by atoms with E-state index in [4.69, 9.17) is 4.98 Å². The number of aromatic nitrogens is 3. The number of halogens is 1. The summed E-state index contributed by atoms with van der Waals surface area (Å²) in [5.74, 6) is 0.636. The Bertz CT molecular complexity index is 978. The van der Waals surface area contributed by atoms with Crippen molar-refractivity contribution in [2.24, 2.45) is 7.05 Å². The molecular formula is C21H26BrN5O. The molecule has 28 heavy (non-hydrogen) atoms. The first-order valence-electron chi connectivity index (χ1n) is 9.61. The fraction of sp³-hybridized carbons (Fsp3) is 0.429. The van der Waals surface area contributed by atoms with Gasteiger partial charge in [-0.1, -0.05) is 0 Å². The zero-order chi connectivity index (χ0) is 19.8. The van der Waals surface area contributed by atoms with E-state index >= 15 is 0 Å². The van der Waals surface area contributed by atoms with Crippen molar-refractivity contribution in [2.75, 3.05) is 32.1 Å². The summed E-state index contributed by atoms with van der Waals surface area (Å²) in [5, 5.41) is 10.9. The Kier molecular flexibility index (Phi) is 5.40. The van der Waals surface area contributed by atoms with Crippen molar-refractivity contribution in [1.29, 1.82) is 0 Å². The number of aliphatic hydroxyl groups is 1. The molecule has 0 aliphatic carbocycles. The SMILES string of the molecule is CN(C)C1CCN(c2ccc3c(c2)nc(C(O)c2ccnc(Br)c2)n3C)CC1. The molecule has 1 fully saturated rings. The molecule has 0 spiro atoms. The maximum atomic E-state index is 10.9. The number of aliphatic hydroxyl groups excluding tert-OH is 1. The zero-order valence-corrected chi connectivity index (χ0v) is 18.1. The van der Waals surface area contributed by atoms with Crippen LogP contribution in [-0.4, -0.2) is 57.8 Å². The molecule has 1 aliphatic heterocycles. The molecule has 6 nitrogen and oxygen atoms in total. The van der Waals surface area contributed by atoms with Crippen LogP contribution < -0.4 is 4.90 Å². The first-order chi connectivity index (χ1) is 13.4. The van der Waals surface area contributed by atoms with Gasteiger partial charge in [0.1, 0.15) is 16.5 Å². The van der Waals surface area contributed by atoms with Crippen LogP contribution in [0.25, 0.3) is 11.0 Å². The normalized spacial score (nSPS) is 16.9. The number of anilines is 1. The first kappa shape index (κ1) is 19.4. The lowest BCUT2D eigenvalue weighted by Crippen LogP contribution is -2.41. The Morgan fingerprint density at radius 3 is 2.61 bits per heavy atom. The molecule has 1 unspecified atom stereocenters. The van der Waals surface area contributed by atoms with Crippen molar-refractivity contribution in [3.8, 4) is 0 Å². The summed E-state index contributed by atoms with van der Waals surface area (Å²) in [6.07, 6.45) is 3.24. The lowest BCUT2D eigenvalue weighted by molar-refractivity contribution is 0.206. The van der Waals surface area contributed by atoms with Crippen molar-refractivity contribution in [2.45, 2.75) is 25.0 Å². The summed E-state index contributed by atoms with van der Waals surface area (Å²) < 4.78 is 2.67. The summed E-state index contributed by atoms with van der Waals surface area (Å²) in [6.45, 7) is 2.11. The fourth-order valence-corrected chi connectivity index (χ4v) is 4.41. The summed E-state index contributed by atoms with van der Waals surface area (Å²) in [4.78, 5) is 13.6. The predicted octanol–water partition coefficient (Wildman–Crippen LogP) is 3.34. The highest BCUT2D eigenvalue weighted by molar-refractivity contribution is 9.10. The fourth-order valence-electron chi connectivity index (χ4n) is 4.03. The number of nitrogens with zero attached hydrogens (tertiary/aromatic N) is 5. The number of piperidine rings is 1. The van der Waals surface area contributed by atoms with Crippen LogP contribution in [0.1, 0.15) is 30.3 Å². The monoisotopic (exact) mass is 443 g/mol. The number of hydrogen-bond acceptors (Lipinski definition) is 5. The molecule has 148 valence electrons. The Labute approximate surface area is 173 Å². The number of rotatable bonds is 4. The van der Waals surface area contributed by atoms with E-state index in [-0.39, 0.29) is 0 Å². The van der Waals surface area contributed by atoms with Gasteiger partial charge in [0.15, 0.2) is 0 Å². The van der Waals surface area contributed by atoms with Crippen LogP contribution in [0.2, 0.25) is 0 Å². The minimum absolute atomic E-state index is 0.636. The Morgan fingerprint density at radius 2 is 1.93 bits per heavy atom. The standard InChI is InChI=1S/C21H26BrN5O/c1-25(2)15-7-10-27(11-8-15)16-4-5-18-17(13-16)24-21(26(18)3)20(28)14-6-9-23-19(22)12-14/h4-6,9,12-13,15,20,28H,7-8,10-11H2,1-3H3. The maximum Gasteiger partial charge on any atom is 0.143 e. The quantitative estimate of drug-likeness (QED) is 0.626. The van der Waals surface area contributed by atoms with Crippen molar-refractivity contribution in [3.05, 3.63) is 52.5 Å². The first-order valence-corrected chi connectivity index (χ1v) is 10.4. The third-order valence-electron chi connectivity index (χ3n) is 5.77. The summed E-state index contributed by atoms with van der Waals surface area (Å²) >= 11 is 3.36. The lowest BCUT2D eigenvalue weighted by Gasteiger charge is -2.36. The average Bonchev–Trinajstić information content (AvgIpc) is 3.03. The summed E-state index contributed by atoms with van der Waals surface area (Å²) in [6, 6.07) is 10.7. The minimum Gasteiger partial charge on any atom is -0.380 e. The van der Waals surface area contributed by atoms with Gasteiger partial charge in [0.2, 0.25) is 0 Å². The molecule has 1 saturated heterocycles. The van der Waals surface area contributed by atoms with Crippen LogP contribution in [-0.2, 0) is 7.05 Å². The van der Waals surface area contributed by atoms with Gasteiger partial charge < -0.3 is 19.5 Å². The molecule has 0 bridgehead atoms. The molecule has 2 aromatic heterocycles. The number of hydrogen-bond donors (Lipinski definition) is 1. The van der Waals surface area contributed by atoms with Crippen LogP contribution in [0.15, 0.2) is 41.1 Å². The van der Waals surface area contributed by atoms with Crippen LogP contribution in [0.3, 0.4) is 0 Å². The molecule has 3 heterocycles. The number of fused-ring (bicyclic) bond motifs is 1. The number of imidazole rings is 1. The number of aryl methyl sites for hydroxylation is 1. The van der Waals surface area contributed by atoms with Crippen molar-refractivity contribution in [1.82, 2.24) is 19.4 Å². The second-order valence-electron chi connectivity index (χ2n) is 7.70. The lowest BCUT2D eigenvalue weighted by atomic mass is 10.0. The van der Waals surface area contributed by atoms with E-state index in [0.717, 1.165) is 29.7 Å². The van der Waals surface area contributed by atoms with Gasteiger partial charge in [0.25, 0.3) is 0 Å². The second-order valence-corrected chi connectivity index (χ2v) is 8.51. The van der Waals surface area contributed by atoms with Gasteiger partial charge in [0.05, 0.1) is 11.0 Å². The van der Waals surface area contributed by atoms with E-state index in [1.807, 2.05) is 23.7 Å². The minimum atomic E-state index is -0.795. The molecule has 0 amide bonds. The van der Waals surface area contributed by atoms with Gasteiger partial charge in [-0.15, -0.1) is 0 Å². The molecule has 3 aromatic rings. The predicted molar refractivity (Wildman–Crippen MR) is 116 cm³/mol. The molecule has 1 atom stereocenters. The van der Waals surface area contributed by atoms with Crippen molar-refractivity contribution < 1.29 is 5.11 Å². The van der Waals surface area contributed by atoms with Crippen LogP contribution in [0, 0.1) is 0 Å². The third kappa shape index (κ3) is 3.66. The largest absolute Gasteiger partial charge is 0.380 e. The molecule has 1 N–H and O–H groups in total. The molecular weight excluding hydrogens is 418 g/mol. The Hall–Kier alpha value is -1.96. The summed E-state index contributed by atoms with van der Waals surface area (Å²) in [5.41, 5.74) is 3.91. The van der Waals surface area contributed by atoms with Gasteiger partial charge in [-0.05, 0) is 78.8 Å². The van der Waals surface area contributed by atoms with Crippen LogP contribution >= 0.6 is 15.9 Å². The number of pyridine rings is 1. The Balaban J connectivity index is 1.61. The van der Waals surface area contributed by atoms with Gasteiger partial charge in [-0.2, -0.15) is 0 Å². The van der Waals surface area contributed by atoms with Crippen LogP contribution in [0.4, 0.5) is 5.69 Å². The van der Waals surface area contributed by atoms with Crippen molar-refractivity contribution >= 4 is 32.7 Å². The number of benzene rings is 1. The molecule has 4 rings (SSSR count). The van der Waals surface area contributed by atoms with E-state index in [0.29, 0.717) is 16.5 Å². The molecule has 7 heteroatoms. The molecule has 0 saturated carbocycles.